The predicted octanol–water partition coefficient (Wildman–Crippen LogP) is 1.52. The molecule has 2 amide bonds. The van der Waals surface area contributed by atoms with Gasteiger partial charge in [0.25, 0.3) is 5.91 Å². The molecule has 0 radical (unpaired) electrons. The Morgan fingerprint density at radius 2 is 1.95 bits per heavy atom. The van der Waals surface area contributed by atoms with Gasteiger partial charge in [-0.1, -0.05) is 31.0 Å². The van der Waals surface area contributed by atoms with Crippen LogP contribution in [0.1, 0.15) is 41.8 Å². The summed E-state index contributed by atoms with van der Waals surface area (Å²) in [6.07, 6.45) is 4.74. The van der Waals surface area contributed by atoms with Gasteiger partial charge in [0.15, 0.2) is 23.9 Å². The van der Waals surface area contributed by atoms with Gasteiger partial charge in [-0.3, -0.25) is 14.4 Å². The zero-order chi connectivity index (χ0) is 27.5. The van der Waals surface area contributed by atoms with Crippen molar-refractivity contribution in [3.63, 3.8) is 0 Å². The van der Waals surface area contributed by atoms with Crippen molar-refractivity contribution in [1.29, 1.82) is 0 Å². The van der Waals surface area contributed by atoms with E-state index in [1.165, 1.54) is 23.2 Å². The number of para-hydroxylation sites is 1. The molecule has 12 heteroatoms. The van der Waals surface area contributed by atoms with E-state index in [1.54, 1.807) is 13.0 Å². The van der Waals surface area contributed by atoms with E-state index in [4.69, 9.17) is 4.42 Å². The largest absolute Gasteiger partial charge is 0.619 e. The smallest absolute Gasteiger partial charge is 0.287 e. The van der Waals surface area contributed by atoms with E-state index in [0.29, 0.717) is 28.2 Å². The van der Waals surface area contributed by atoms with Gasteiger partial charge in [0.05, 0.1) is 12.6 Å². The van der Waals surface area contributed by atoms with Crippen molar-refractivity contribution >= 4 is 38.6 Å². The highest BCUT2D eigenvalue weighted by Crippen LogP contribution is 2.37. The molecule has 1 saturated carbocycles. The molecule has 2 aliphatic heterocycles. The number of aryl methyl sites for hydroxylation is 1. The van der Waals surface area contributed by atoms with Crippen LogP contribution in [0.25, 0.3) is 11.0 Å². The Kier molecular flexibility index (Phi) is 6.18. The monoisotopic (exact) mass is 552 g/mol. The number of sulfonamides is 1. The van der Waals surface area contributed by atoms with Gasteiger partial charge in [-0.15, -0.1) is 0 Å². The highest BCUT2D eigenvalue weighted by atomic mass is 32.2. The Balaban J connectivity index is 1.23. The summed E-state index contributed by atoms with van der Waals surface area (Å²) in [5.74, 6) is -0.860. The summed E-state index contributed by atoms with van der Waals surface area (Å²) < 4.78 is 33.9. The minimum atomic E-state index is -4.13. The average Bonchev–Trinajstić information content (AvgIpc) is 3.37. The summed E-state index contributed by atoms with van der Waals surface area (Å²) in [5.41, 5.74) is 1.25. The quantitative estimate of drug-likeness (QED) is 0.346. The van der Waals surface area contributed by atoms with Crippen LogP contribution in [0.2, 0.25) is 0 Å². The SMILES string of the molecule is Cc1c(C(=O)NC(CC2CC2)C(=O)N2CCC3C2C(=O)CN3S(=O)(=O)c2ccc[n+]([O-])c2)oc2ccccc12. The van der Waals surface area contributed by atoms with Gasteiger partial charge in [-0.2, -0.15) is 9.04 Å². The first kappa shape index (κ1) is 25.5. The molecule has 0 spiro atoms. The number of furan rings is 1. The number of ketones is 1. The van der Waals surface area contributed by atoms with Crippen LogP contribution >= 0.6 is 0 Å². The third-order valence-electron chi connectivity index (χ3n) is 7.93. The highest BCUT2D eigenvalue weighted by Gasteiger charge is 2.55. The second kappa shape index (κ2) is 9.45. The molecule has 1 aliphatic carbocycles. The molecule has 204 valence electrons. The maximum atomic E-state index is 13.8. The molecule has 2 aromatic heterocycles. The van der Waals surface area contributed by atoms with Crippen molar-refractivity contribution in [1.82, 2.24) is 14.5 Å². The molecule has 6 rings (SSSR count). The van der Waals surface area contributed by atoms with Crippen molar-refractivity contribution in [2.24, 2.45) is 5.92 Å². The summed E-state index contributed by atoms with van der Waals surface area (Å²) in [5, 5.41) is 15.3. The molecule has 3 atom stereocenters. The third kappa shape index (κ3) is 4.47. The standard InChI is InChI=1S/C27H28N4O7S/c1-16-19-6-2-3-7-23(19)38-25(16)26(33)28-20(13-17-8-9-17)27(34)30-12-10-21-24(30)22(32)15-31(21)39(36,37)18-5-4-11-29(35)14-18/h2-7,11,14,17,20-21,24H,8-10,12-13,15H2,1H3,(H,28,33). The molecular formula is C27H28N4O7S. The number of carbonyl (C=O) groups is 3. The van der Waals surface area contributed by atoms with Crippen LogP contribution in [0, 0.1) is 18.0 Å². The summed E-state index contributed by atoms with van der Waals surface area (Å²) in [6.45, 7) is 1.59. The Labute approximate surface area is 225 Å². The van der Waals surface area contributed by atoms with Crippen molar-refractivity contribution in [2.75, 3.05) is 13.1 Å². The lowest BCUT2D eigenvalue weighted by atomic mass is 10.1. The number of amides is 2. The minimum absolute atomic E-state index is 0.136. The first-order valence-corrected chi connectivity index (χ1v) is 14.4. The van der Waals surface area contributed by atoms with Gasteiger partial charge in [0, 0.05) is 23.6 Å². The summed E-state index contributed by atoms with van der Waals surface area (Å²) >= 11 is 0. The molecule has 1 N–H and O–H groups in total. The van der Waals surface area contributed by atoms with Gasteiger partial charge in [0.2, 0.25) is 15.9 Å². The first-order valence-electron chi connectivity index (χ1n) is 13.0. The summed E-state index contributed by atoms with van der Waals surface area (Å²) in [4.78, 5) is 41.4. The van der Waals surface area contributed by atoms with Gasteiger partial charge in [0.1, 0.15) is 22.6 Å². The number of fused-ring (bicyclic) bond motifs is 2. The first-order chi connectivity index (χ1) is 18.6. The molecule has 3 fully saturated rings. The number of aromatic nitrogens is 1. The second-order valence-electron chi connectivity index (χ2n) is 10.5. The molecule has 4 heterocycles. The Morgan fingerprint density at radius 1 is 1.18 bits per heavy atom. The van der Waals surface area contributed by atoms with Crippen molar-refractivity contribution < 1.29 is 31.9 Å². The number of rotatable bonds is 7. The zero-order valence-electron chi connectivity index (χ0n) is 21.3. The number of nitrogens with zero attached hydrogens (tertiary/aromatic N) is 3. The number of Topliss-reactive ketones (excluding diaryl/α,β-unsaturated/α-hetero) is 1. The van der Waals surface area contributed by atoms with Gasteiger partial charge < -0.3 is 19.8 Å². The van der Waals surface area contributed by atoms with Crippen LogP contribution in [0.5, 0.6) is 0 Å². The Hall–Kier alpha value is -3.77. The summed E-state index contributed by atoms with van der Waals surface area (Å²) in [7, 11) is -4.13. The van der Waals surface area contributed by atoms with Crippen molar-refractivity contribution in [3.8, 4) is 0 Å². The molecule has 2 saturated heterocycles. The van der Waals surface area contributed by atoms with Gasteiger partial charge in [-0.05, 0) is 37.8 Å². The molecule has 3 aliphatic rings. The number of benzene rings is 1. The van der Waals surface area contributed by atoms with E-state index in [9.17, 15) is 28.0 Å². The maximum absolute atomic E-state index is 13.8. The lowest BCUT2D eigenvalue weighted by Gasteiger charge is -2.28. The maximum Gasteiger partial charge on any atom is 0.287 e. The van der Waals surface area contributed by atoms with Gasteiger partial charge >= 0.3 is 0 Å². The second-order valence-corrected chi connectivity index (χ2v) is 12.4. The fraction of sp³-hybridized carbons (Fsp3) is 0.407. The van der Waals surface area contributed by atoms with E-state index < -0.39 is 40.0 Å². The van der Waals surface area contributed by atoms with E-state index >= 15 is 0 Å². The number of carbonyl (C=O) groups excluding carboxylic acids is 3. The van der Waals surface area contributed by atoms with Crippen LogP contribution in [-0.2, 0) is 19.6 Å². The topological polar surface area (TPSA) is 144 Å². The molecule has 11 nitrogen and oxygen atoms in total. The van der Waals surface area contributed by atoms with E-state index in [1.807, 2.05) is 18.2 Å². The van der Waals surface area contributed by atoms with Crippen LogP contribution in [0.3, 0.4) is 0 Å². The third-order valence-corrected chi connectivity index (χ3v) is 9.79. The molecular weight excluding hydrogens is 524 g/mol. The van der Waals surface area contributed by atoms with E-state index in [-0.39, 0.29) is 35.9 Å². The van der Waals surface area contributed by atoms with Crippen LogP contribution in [0.4, 0.5) is 0 Å². The fourth-order valence-electron chi connectivity index (χ4n) is 5.79. The Bertz CT molecular complexity index is 1600. The zero-order valence-corrected chi connectivity index (χ0v) is 22.1. The lowest BCUT2D eigenvalue weighted by Crippen LogP contribution is -2.52. The molecule has 39 heavy (non-hydrogen) atoms. The number of pyridine rings is 1. The van der Waals surface area contributed by atoms with E-state index in [0.717, 1.165) is 28.7 Å². The molecule has 1 aromatic carbocycles. The number of hydrogen-bond acceptors (Lipinski definition) is 7. The molecule has 0 bridgehead atoms. The van der Waals surface area contributed by atoms with Crippen molar-refractivity contribution in [3.05, 3.63) is 65.3 Å². The lowest BCUT2D eigenvalue weighted by molar-refractivity contribution is -0.607. The fourth-order valence-corrected chi connectivity index (χ4v) is 7.42. The van der Waals surface area contributed by atoms with Crippen LogP contribution in [0.15, 0.2) is 58.1 Å². The normalized spacial score (nSPS) is 22.3. The predicted molar refractivity (Wildman–Crippen MR) is 138 cm³/mol. The number of nitrogens with one attached hydrogen (secondary N) is 1. The molecule has 3 unspecified atom stereocenters. The van der Waals surface area contributed by atoms with Crippen LogP contribution in [-0.4, -0.2) is 66.4 Å². The highest BCUT2D eigenvalue weighted by molar-refractivity contribution is 7.89. The van der Waals surface area contributed by atoms with Gasteiger partial charge in [-0.25, -0.2) is 8.42 Å². The van der Waals surface area contributed by atoms with Crippen molar-refractivity contribution in [2.45, 2.75) is 55.6 Å². The number of likely N-dealkylation sites (tertiary alicyclic amines) is 1. The number of hydrogen-bond donors (Lipinski definition) is 1. The summed E-state index contributed by atoms with van der Waals surface area (Å²) in [6, 6.07) is 7.39. The molecule has 3 aromatic rings. The Morgan fingerprint density at radius 3 is 2.67 bits per heavy atom. The van der Waals surface area contributed by atoms with Crippen LogP contribution < -0.4 is 10.0 Å². The average molecular weight is 553 g/mol. The minimum Gasteiger partial charge on any atom is -0.619 e. The van der Waals surface area contributed by atoms with E-state index in [2.05, 4.69) is 5.32 Å².